The van der Waals surface area contributed by atoms with Crippen molar-refractivity contribution in [3.63, 3.8) is 0 Å². The van der Waals surface area contributed by atoms with E-state index < -0.39 is 5.54 Å². The van der Waals surface area contributed by atoms with Crippen LogP contribution < -0.4 is 10.2 Å². The van der Waals surface area contributed by atoms with Crippen molar-refractivity contribution in [1.82, 2.24) is 9.97 Å². The van der Waals surface area contributed by atoms with E-state index in [1.165, 1.54) is 16.3 Å². The monoisotopic (exact) mass is 376 g/mol. The fourth-order valence-corrected chi connectivity index (χ4v) is 3.49. The van der Waals surface area contributed by atoms with E-state index in [-0.39, 0.29) is 12.1 Å². The molecule has 0 aliphatic carbocycles. The molecule has 6 nitrogen and oxygen atoms in total. The van der Waals surface area contributed by atoms with Crippen LogP contribution in [0.2, 0.25) is 0 Å². The fraction of sp³-hybridized carbons (Fsp3) is 0.318. The molecule has 4 rings (SSSR count). The van der Waals surface area contributed by atoms with Crippen molar-refractivity contribution in [2.45, 2.75) is 39.3 Å². The van der Waals surface area contributed by atoms with Crippen LogP contribution in [0.3, 0.4) is 0 Å². The van der Waals surface area contributed by atoms with E-state index in [4.69, 9.17) is 4.74 Å². The number of amides is 1. The average Bonchev–Trinajstić information content (AvgIpc) is 2.94. The molecule has 28 heavy (non-hydrogen) atoms. The van der Waals surface area contributed by atoms with Crippen LogP contribution in [0.15, 0.2) is 48.7 Å². The third kappa shape index (κ3) is 3.38. The second kappa shape index (κ2) is 6.78. The molecule has 0 bridgehead atoms. The second-order valence-corrected chi connectivity index (χ2v) is 7.92. The summed E-state index contributed by atoms with van der Waals surface area (Å²) in [7, 11) is 0. The molecule has 3 aromatic rings. The number of cyclic esters (lactones) is 1. The van der Waals surface area contributed by atoms with Crippen LogP contribution in [-0.4, -0.2) is 28.2 Å². The van der Waals surface area contributed by atoms with E-state index in [1.807, 2.05) is 13.8 Å². The number of fused-ring (bicyclic) bond motifs is 1. The summed E-state index contributed by atoms with van der Waals surface area (Å²) in [5.41, 5.74) is 1.96. The van der Waals surface area contributed by atoms with Crippen LogP contribution >= 0.6 is 0 Å². The summed E-state index contributed by atoms with van der Waals surface area (Å²) in [6.07, 6.45) is 1.27. The molecule has 144 valence electrons. The first-order valence-electron chi connectivity index (χ1n) is 9.40. The first-order valence-corrected chi connectivity index (χ1v) is 9.40. The lowest BCUT2D eigenvalue weighted by atomic mass is 10.0. The van der Waals surface area contributed by atoms with Gasteiger partial charge in [0.15, 0.2) is 0 Å². The summed E-state index contributed by atoms with van der Waals surface area (Å²) in [4.78, 5) is 22.6. The van der Waals surface area contributed by atoms with Crippen LogP contribution in [0, 0.1) is 6.92 Å². The van der Waals surface area contributed by atoms with Crippen LogP contribution in [0.5, 0.6) is 0 Å². The average molecular weight is 376 g/mol. The summed E-state index contributed by atoms with van der Waals surface area (Å²) < 4.78 is 5.18. The number of hydrogen-bond donors (Lipinski definition) is 1. The van der Waals surface area contributed by atoms with Gasteiger partial charge in [0.2, 0.25) is 5.95 Å². The number of anilines is 2. The maximum absolute atomic E-state index is 12.1. The van der Waals surface area contributed by atoms with Crippen molar-refractivity contribution in [3.05, 3.63) is 59.8 Å². The van der Waals surface area contributed by atoms with Crippen LogP contribution in [0.4, 0.5) is 16.6 Å². The lowest BCUT2D eigenvalue weighted by molar-refractivity contribution is 0.175. The molecule has 1 aliphatic heterocycles. The number of carbonyl (C=O) groups excluding carboxylic acids is 1. The van der Waals surface area contributed by atoms with E-state index in [1.54, 1.807) is 17.2 Å². The molecule has 1 saturated heterocycles. The molecule has 1 N–H and O–H groups in total. The highest BCUT2D eigenvalue weighted by Gasteiger charge is 2.41. The molecule has 1 atom stereocenters. The number of rotatable bonds is 4. The number of hydrogen-bond acceptors (Lipinski definition) is 5. The summed E-state index contributed by atoms with van der Waals surface area (Å²) in [5, 5.41) is 5.77. The van der Waals surface area contributed by atoms with Crippen LogP contribution in [0.25, 0.3) is 10.8 Å². The molecule has 1 aromatic heterocycles. The Labute approximate surface area is 164 Å². The Hall–Kier alpha value is -3.15. The van der Waals surface area contributed by atoms with Crippen molar-refractivity contribution in [3.8, 4) is 0 Å². The third-order valence-corrected chi connectivity index (χ3v) is 5.07. The van der Waals surface area contributed by atoms with E-state index >= 15 is 0 Å². The largest absolute Gasteiger partial charge is 0.447 e. The first-order chi connectivity index (χ1) is 13.3. The zero-order valence-electron chi connectivity index (χ0n) is 16.6. The summed E-state index contributed by atoms with van der Waals surface area (Å²) in [6.45, 7) is 8.41. The quantitative estimate of drug-likeness (QED) is 0.705. The van der Waals surface area contributed by atoms with Gasteiger partial charge >= 0.3 is 6.09 Å². The highest BCUT2D eigenvalue weighted by Crippen LogP contribution is 2.30. The SMILES string of the molecule is Cc1ccc2cc(C(C)Nc3nccc(N4C(=O)OCC4(C)C)n3)ccc2c1. The smallest absolute Gasteiger partial charge is 0.416 e. The fourth-order valence-electron chi connectivity index (χ4n) is 3.49. The number of nitrogens with one attached hydrogen (secondary N) is 1. The zero-order valence-corrected chi connectivity index (χ0v) is 16.6. The van der Waals surface area contributed by atoms with Gasteiger partial charge in [0, 0.05) is 6.20 Å². The molecule has 2 aromatic carbocycles. The van der Waals surface area contributed by atoms with Gasteiger partial charge in [-0.1, -0.05) is 35.9 Å². The normalized spacial score (nSPS) is 16.9. The molecule has 2 heterocycles. The molecule has 1 amide bonds. The summed E-state index contributed by atoms with van der Waals surface area (Å²) >= 11 is 0. The van der Waals surface area contributed by atoms with Crippen LogP contribution in [-0.2, 0) is 4.74 Å². The minimum Gasteiger partial charge on any atom is -0.447 e. The van der Waals surface area contributed by atoms with Crippen molar-refractivity contribution in [1.29, 1.82) is 0 Å². The lowest BCUT2D eigenvalue weighted by Crippen LogP contribution is -2.42. The van der Waals surface area contributed by atoms with E-state index in [9.17, 15) is 4.79 Å². The number of ether oxygens (including phenoxy) is 1. The van der Waals surface area contributed by atoms with Gasteiger partial charge in [0.1, 0.15) is 12.4 Å². The molecule has 0 spiro atoms. The number of aryl methyl sites for hydroxylation is 1. The van der Waals surface area contributed by atoms with Gasteiger partial charge in [-0.3, -0.25) is 4.90 Å². The number of nitrogens with zero attached hydrogens (tertiary/aromatic N) is 3. The van der Waals surface area contributed by atoms with Gasteiger partial charge in [-0.25, -0.2) is 9.78 Å². The minimum absolute atomic E-state index is 0.0134. The molecular formula is C22H24N4O2. The van der Waals surface area contributed by atoms with Gasteiger partial charge in [-0.2, -0.15) is 4.98 Å². The summed E-state index contributed by atoms with van der Waals surface area (Å²) in [6, 6.07) is 14.6. The summed E-state index contributed by atoms with van der Waals surface area (Å²) in [5.74, 6) is 1.01. The van der Waals surface area contributed by atoms with Crippen molar-refractivity contribution >= 4 is 28.6 Å². The van der Waals surface area contributed by atoms with Gasteiger partial charge in [0.05, 0.1) is 11.6 Å². The van der Waals surface area contributed by atoms with Gasteiger partial charge in [-0.15, -0.1) is 0 Å². The van der Waals surface area contributed by atoms with Crippen molar-refractivity contribution in [2.24, 2.45) is 0 Å². The van der Waals surface area contributed by atoms with Gasteiger partial charge in [0.25, 0.3) is 0 Å². The van der Waals surface area contributed by atoms with Crippen LogP contribution in [0.1, 0.15) is 37.9 Å². The van der Waals surface area contributed by atoms with E-state index in [2.05, 4.69) is 65.5 Å². The highest BCUT2D eigenvalue weighted by molar-refractivity contribution is 5.90. The van der Waals surface area contributed by atoms with Gasteiger partial charge in [-0.05, 0) is 56.2 Å². The Morgan fingerprint density at radius 3 is 2.64 bits per heavy atom. The van der Waals surface area contributed by atoms with Crippen molar-refractivity contribution in [2.75, 3.05) is 16.8 Å². The maximum Gasteiger partial charge on any atom is 0.416 e. The Morgan fingerprint density at radius 2 is 1.89 bits per heavy atom. The number of benzene rings is 2. The van der Waals surface area contributed by atoms with E-state index in [0.717, 1.165) is 5.56 Å². The zero-order chi connectivity index (χ0) is 19.9. The predicted molar refractivity (Wildman–Crippen MR) is 111 cm³/mol. The molecule has 1 aliphatic rings. The minimum atomic E-state index is -0.440. The first kappa shape index (κ1) is 18.2. The van der Waals surface area contributed by atoms with Gasteiger partial charge < -0.3 is 10.1 Å². The molecule has 1 fully saturated rings. The highest BCUT2D eigenvalue weighted by atomic mass is 16.6. The topological polar surface area (TPSA) is 67.4 Å². The molecule has 1 unspecified atom stereocenters. The molecule has 0 radical (unpaired) electrons. The number of aromatic nitrogens is 2. The maximum atomic E-state index is 12.1. The Balaban J connectivity index is 1.57. The predicted octanol–water partition coefficient (Wildman–Crippen LogP) is 4.85. The molecular weight excluding hydrogens is 352 g/mol. The second-order valence-electron chi connectivity index (χ2n) is 7.92. The van der Waals surface area contributed by atoms with E-state index in [0.29, 0.717) is 18.4 Å². The number of carbonyl (C=O) groups is 1. The van der Waals surface area contributed by atoms with Crippen molar-refractivity contribution < 1.29 is 9.53 Å². The third-order valence-electron chi connectivity index (χ3n) is 5.07. The lowest BCUT2D eigenvalue weighted by Gasteiger charge is -2.27. The Bertz CT molecular complexity index is 1050. The Morgan fingerprint density at radius 1 is 1.14 bits per heavy atom. The molecule has 0 saturated carbocycles. The molecule has 6 heteroatoms. The standard InChI is InChI=1S/C22H24N4O2/c1-14-5-6-18-12-16(7-8-17(18)11-14)15(2)24-20-23-10-9-19(25-20)26-21(27)28-13-22(26,3)4/h5-12,15H,13H2,1-4H3,(H,23,24,25). The Kier molecular flexibility index (Phi) is 4.41.